The van der Waals surface area contributed by atoms with Gasteiger partial charge >= 0.3 is 29.6 Å². The molecule has 0 bridgehead atoms. The summed E-state index contributed by atoms with van der Waals surface area (Å²) < 4.78 is 35.8. The maximum atomic E-state index is 10.9. The number of anilines is 1. The minimum absolute atomic E-state index is 0. The molecule has 0 saturated carbocycles. The molecule has 0 aromatic heterocycles. The molecule has 2 rings (SSSR count). The van der Waals surface area contributed by atoms with Crippen LogP contribution in [-0.4, -0.2) is 26.3 Å². The molecule has 110 valence electrons. The quantitative estimate of drug-likeness (QED) is 0.331. The number of ether oxygens (including phenoxy) is 1. The molecule has 0 aliphatic carbocycles. The van der Waals surface area contributed by atoms with Gasteiger partial charge in [0.25, 0.3) is 10.1 Å². The van der Waals surface area contributed by atoms with Crippen LogP contribution in [0.2, 0.25) is 0 Å². The number of methoxy groups -OCH3 is 1. The maximum Gasteiger partial charge on any atom is 1.00 e. The van der Waals surface area contributed by atoms with Gasteiger partial charge in [0.2, 0.25) is 0 Å². The third-order valence-electron chi connectivity index (χ3n) is 2.65. The minimum Gasteiger partial charge on any atom is -0.497 e. The van der Waals surface area contributed by atoms with Crippen LogP contribution in [0.4, 0.5) is 5.69 Å². The standard InChI is InChI=1S/C14H14N2O4S.Na/c1-20-13-4-2-3-11(9-13)10-15-16-12-5-7-14(8-6-12)21(17,18)19;/h2-10,16H,1H3,(H,17,18,19);/q;+1/b15-10+;. The van der Waals surface area contributed by atoms with Gasteiger partial charge in [-0.1, -0.05) is 12.1 Å². The van der Waals surface area contributed by atoms with Crippen molar-refractivity contribution in [3.8, 4) is 5.75 Å². The molecule has 0 amide bonds. The van der Waals surface area contributed by atoms with E-state index in [0.29, 0.717) is 5.69 Å². The van der Waals surface area contributed by atoms with Crippen LogP contribution in [0.15, 0.2) is 58.5 Å². The van der Waals surface area contributed by atoms with Crippen LogP contribution in [0.5, 0.6) is 5.75 Å². The summed E-state index contributed by atoms with van der Waals surface area (Å²) >= 11 is 0. The van der Waals surface area contributed by atoms with Crippen molar-refractivity contribution in [2.45, 2.75) is 4.90 Å². The first-order chi connectivity index (χ1) is 9.99. The number of nitrogens with zero attached hydrogens (tertiary/aromatic N) is 1. The van der Waals surface area contributed by atoms with Gasteiger partial charge in [0.05, 0.1) is 23.9 Å². The molecule has 0 unspecified atom stereocenters. The van der Waals surface area contributed by atoms with Crippen molar-refractivity contribution < 1.29 is 47.3 Å². The molecule has 2 N–H and O–H groups in total. The van der Waals surface area contributed by atoms with Crippen LogP contribution >= 0.6 is 0 Å². The summed E-state index contributed by atoms with van der Waals surface area (Å²) in [5.74, 6) is 0.733. The SMILES string of the molecule is COc1cccc(/C=N/Nc2ccc(S(=O)(=O)O)cc2)c1.[Na+]. The Kier molecular flexibility index (Phi) is 7.05. The molecule has 0 spiro atoms. The second-order valence-electron chi connectivity index (χ2n) is 4.15. The molecule has 0 heterocycles. The van der Waals surface area contributed by atoms with Gasteiger partial charge in [-0.3, -0.25) is 9.98 Å². The van der Waals surface area contributed by atoms with Crippen LogP contribution in [0.25, 0.3) is 0 Å². The van der Waals surface area contributed by atoms with Crippen LogP contribution in [0.1, 0.15) is 5.56 Å². The number of nitrogens with one attached hydrogen (secondary N) is 1. The van der Waals surface area contributed by atoms with Gasteiger partial charge in [-0.2, -0.15) is 13.5 Å². The Morgan fingerprint density at radius 2 is 1.86 bits per heavy atom. The van der Waals surface area contributed by atoms with Crippen molar-refractivity contribution >= 4 is 22.0 Å². The molecule has 0 atom stereocenters. The van der Waals surface area contributed by atoms with E-state index in [1.165, 1.54) is 24.3 Å². The summed E-state index contributed by atoms with van der Waals surface area (Å²) in [6, 6.07) is 13.0. The molecule has 0 aliphatic rings. The predicted molar refractivity (Wildman–Crippen MR) is 80.5 cm³/mol. The predicted octanol–water partition coefficient (Wildman–Crippen LogP) is -0.608. The number of hydrazone groups is 1. The van der Waals surface area contributed by atoms with Crippen LogP contribution < -0.4 is 39.7 Å². The third-order valence-corrected chi connectivity index (χ3v) is 3.52. The molecule has 0 saturated heterocycles. The zero-order chi connectivity index (χ0) is 15.3. The van der Waals surface area contributed by atoms with Crippen molar-refractivity contribution in [2.24, 2.45) is 5.10 Å². The molecule has 22 heavy (non-hydrogen) atoms. The fourth-order valence-electron chi connectivity index (χ4n) is 1.60. The number of benzene rings is 2. The van der Waals surface area contributed by atoms with E-state index in [1.807, 2.05) is 24.3 Å². The average molecular weight is 329 g/mol. The fraction of sp³-hybridized carbons (Fsp3) is 0.0714. The van der Waals surface area contributed by atoms with Crippen LogP contribution in [-0.2, 0) is 10.1 Å². The summed E-state index contributed by atoms with van der Waals surface area (Å²) in [7, 11) is -2.58. The summed E-state index contributed by atoms with van der Waals surface area (Å²) in [5, 5.41) is 4.04. The van der Waals surface area contributed by atoms with Crippen molar-refractivity contribution in [1.82, 2.24) is 0 Å². The first-order valence-corrected chi connectivity index (χ1v) is 7.44. The molecule has 0 fully saturated rings. The van der Waals surface area contributed by atoms with E-state index in [0.717, 1.165) is 11.3 Å². The molecule has 0 aliphatic heterocycles. The first kappa shape index (κ1) is 18.7. The van der Waals surface area contributed by atoms with E-state index >= 15 is 0 Å². The average Bonchev–Trinajstić information content (AvgIpc) is 2.47. The van der Waals surface area contributed by atoms with E-state index in [4.69, 9.17) is 9.29 Å². The Morgan fingerprint density at radius 3 is 2.45 bits per heavy atom. The van der Waals surface area contributed by atoms with Crippen molar-refractivity contribution in [1.29, 1.82) is 0 Å². The molecule has 0 radical (unpaired) electrons. The Bertz CT molecular complexity index is 746. The maximum absolute atomic E-state index is 10.9. The van der Waals surface area contributed by atoms with Crippen molar-refractivity contribution in [2.75, 3.05) is 12.5 Å². The summed E-state index contributed by atoms with van der Waals surface area (Å²) in [4.78, 5) is -0.162. The zero-order valence-electron chi connectivity index (χ0n) is 12.2. The largest absolute Gasteiger partial charge is 1.00 e. The van der Waals surface area contributed by atoms with Gasteiger partial charge in [0.15, 0.2) is 0 Å². The van der Waals surface area contributed by atoms with Gasteiger partial charge in [0.1, 0.15) is 5.75 Å². The summed E-state index contributed by atoms with van der Waals surface area (Å²) in [6.07, 6.45) is 1.61. The zero-order valence-corrected chi connectivity index (χ0v) is 15.0. The minimum atomic E-state index is -4.17. The third kappa shape index (κ3) is 5.43. The van der Waals surface area contributed by atoms with Gasteiger partial charge in [-0.05, 0) is 42.0 Å². The molecule has 2 aromatic rings. The monoisotopic (exact) mass is 329 g/mol. The van der Waals surface area contributed by atoms with E-state index in [1.54, 1.807) is 13.3 Å². The molecule has 2 aromatic carbocycles. The van der Waals surface area contributed by atoms with E-state index in [9.17, 15) is 8.42 Å². The van der Waals surface area contributed by atoms with E-state index < -0.39 is 10.1 Å². The van der Waals surface area contributed by atoms with E-state index in [-0.39, 0.29) is 34.5 Å². The number of hydrogen-bond acceptors (Lipinski definition) is 5. The summed E-state index contributed by atoms with van der Waals surface area (Å²) in [5.41, 5.74) is 4.22. The van der Waals surface area contributed by atoms with Gasteiger partial charge < -0.3 is 4.74 Å². The van der Waals surface area contributed by atoms with Crippen LogP contribution in [0, 0.1) is 0 Å². The molecular weight excluding hydrogens is 315 g/mol. The van der Waals surface area contributed by atoms with E-state index in [2.05, 4.69) is 10.5 Å². The van der Waals surface area contributed by atoms with Gasteiger partial charge in [0, 0.05) is 0 Å². The van der Waals surface area contributed by atoms with Crippen molar-refractivity contribution in [3.05, 3.63) is 54.1 Å². The Morgan fingerprint density at radius 1 is 1.18 bits per heavy atom. The van der Waals surface area contributed by atoms with Crippen LogP contribution in [0.3, 0.4) is 0 Å². The number of rotatable bonds is 5. The Labute approximate surface area is 151 Å². The first-order valence-electron chi connectivity index (χ1n) is 6.00. The normalized spacial score (nSPS) is 11.0. The second-order valence-corrected chi connectivity index (χ2v) is 5.57. The topological polar surface area (TPSA) is 88.0 Å². The molecular formula is C14H14N2NaO4S+. The van der Waals surface area contributed by atoms with Gasteiger partial charge in [-0.25, -0.2) is 0 Å². The smallest absolute Gasteiger partial charge is 0.497 e. The Balaban J connectivity index is 0.00000242. The summed E-state index contributed by atoms with van der Waals surface area (Å²) in [6.45, 7) is 0. The second kappa shape index (κ2) is 8.30. The number of hydrogen-bond donors (Lipinski definition) is 2. The molecule has 8 heteroatoms. The molecule has 6 nitrogen and oxygen atoms in total. The fourth-order valence-corrected chi connectivity index (χ4v) is 2.08. The van der Waals surface area contributed by atoms with Crippen molar-refractivity contribution in [3.63, 3.8) is 0 Å². The van der Waals surface area contributed by atoms with Gasteiger partial charge in [-0.15, -0.1) is 0 Å². The Hall–Kier alpha value is -1.38.